The van der Waals surface area contributed by atoms with Gasteiger partial charge < -0.3 is 15.4 Å². The number of nitrogens with zero attached hydrogens (tertiary/aromatic N) is 1. The highest BCUT2D eigenvalue weighted by Gasteiger charge is 2.11. The molecule has 0 unspecified atom stereocenters. The molecule has 0 atom stereocenters. The summed E-state index contributed by atoms with van der Waals surface area (Å²) in [5.41, 5.74) is 1.87. The summed E-state index contributed by atoms with van der Waals surface area (Å²) >= 11 is 0. The molecule has 2 heterocycles. The number of carboxylic acids is 1. The van der Waals surface area contributed by atoms with Crippen LogP contribution in [0.25, 0.3) is 0 Å². The molecule has 5 nitrogen and oxygen atoms in total. The summed E-state index contributed by atoms with van der Waals surface area (Å²) in [6, 6.07) is 3.83. The topological polar surface area (TPSA) is 68.4 Å². The second-order valence-corrected chi connectivity index (χ2v) is 4.11. The van der Waals surface area contributed by atoms with E-state index < -0.39 is 5.97 Å². The van der Waals surface area contributed by atoms with E-state index in [0.29, 0.717) is 0 Å². The number of aliphatic carboxylic acids is 1. The molecule has 1 fully saturated rings. The molecule has 0 spiro atoms. The fourth-order valence-electron chi connectivity index (χ4n) is 1.96. The van der Waals surface area contributed by atoms with Crippen LogP contribution in [0.3, 0.4) is 0 Å². The number of aromatic nitrogens is 1. The zero-order valence-electron chi connectivity index (χ0n) is 9.20. The summed E-state index contributed by atoms with van der Waals surface area (Å²) in [7, 11) is 0. The first-order valence-corrected chi connectivity index (χ1v) is 5.55. The Morgan fingerprint density at radius 2 is 2.00 bits per heavy atom. The van der Waals surface area contributed by atoms with Crippen LogP contribution < -0.4 is 5.32 Å². The van der Waals surface area contributed by atoms with Gasteiger partial charge in [-0.25, -0.2) is 0 Å². The highest BCUT2D eigenvalue weighted by atomic mass is 16.4. The van der Waals surface area contributed by atoms with Crippen molar-refractivity contribution in [2.24, 2.45) is 0 Å². The van der Waals surface area contributed by atoms with Gasteiger partial charge >= 0.3 is 5.97 Å². The molecule has 5 heteroatoms. The zero-order valence-corrected chi connectivity index (χ0v) is 9.20. The van der Waals surface area contributed by atoms with Gasteiger partial charge in [-0.05, 0) is 12.1 Å². The van der Waals surface area contributed by atoms with Gasteiger partial charge in [0.05, 0.1) is 6.42 Å². The number of piperazine rings is 1. The third-order valence-corrected chi connectivity index (χ3v) is 2.75. The van der Waals surface area contributed by atoms with Gasteiger partial charge in [0.15, 0.2) is 0 Å². The maximum atomic E-state index is 10.5. The molecule has 1 aromatic rings. The van der Waals surface area contributed by atoms with Crippen molar-refractivity contribution in [2.75, 3.05) is 26.2 Å². The molecule has 3 N–H and O–H groups in total. The Morgan fingerprint density at radius 3 is 2.69 bits per heavy atom. The third-order valence-electron chi connectivity index (χ3n) is 2.75. The van der Waals surface area contributed by atoms with Crippen LogP contribution in [0.4, 0.5) is 0 Å². The minimum atomic E-state index is -0.796. The average molecular weight is 223 g/mol. The smallest absolute Gasteiger partial charge is 0.309 e. The first-order valence-electron chi connectivity index (χ1n) is 5.55. The van der Waals surface area contributed by atoms with Crippen LogP contribution in [0.2, 0.25) is 0 Å². The predicted octanol–water partition coefficient (Wildman–Crippen LogP) is 0.0470. The first kappa shape index (κ1) is 11.2. The molecule has 1 saturated heterocycles. The van der Waals surface area contributed by atoms with Crippen molar-refractivity contribution in [3.05, 3.63) is 23.5 Å². The van der Waals surface area contributed by atoms with Crippen LogP contribution in [-0.2, 0) is 17.8 Å². The minimum Gasteiger partial charge on any atom is -0.481 e. The van der Waals surface area contributed by atoms with Gasteiger partial charge in [-0.2, -0.15) is 0 Å². The van der Waals surface area contributed by atoms with E-state index in [9.17, 15) is 4.79 Å². The first-order chi connectivity index (χ1) is 7.74. The van der Waals surface area contributed by atoms with Crippen molar-refractivity contribution in [1.29, 1.82) is 0 Å². The van der Waals surface area contributed by atoms with Crippen LogP contribution >= 0.6 is 0 Å². The quantitative estimate of drug-likeness (QED) is 0.674. The molecule has 88 valence electrons. The summed E-state index contributed by atoms with van der Waals surface area (Å²) in [6.45, 7) is 5.03. The fourth-order valence-corrected chi connectivity index (χ4v) is 1.96. The molecular formula is C11H17N3O2. The van der Waals surface area contributed by atoms with E-state index in [1.807, 2.05) is 12.1 Å². The second kappa shape index (κ2) is 5.14. The van der Waals surface area contributed by atoms with Gasteiger partial charge in [0, 0.05) is 44.1 Å². The molecule has 0 aliphatic carbocycles. The van der Waals surface area contributed by atoms with Crippen LogP contribution in [0.15, 0.2) is 12.1 Å². The molecule has 0 amide bonds. The van der Waals surface area contributed by atoms with Crippen LogP contribution in [0, 0.1) is 0 Å². The Hall–Kier alpha value is -1.33. The number of H-pyrrole nitrogens is 1. The van der Waals surface area contributed by atoms with Gasteiger partial charge in [0.1, 0.15) is 0 Å². The monoisotopic (exact) mass is 223 g/mol. The normalized spacial score (nSPS) is 17.5. The van der Waals surface area contributed by atoms with E-state index in [0.717, 1.165) is 44.1 Å². The molecule has 0 aromatic carbocycles. The van der Waals surface area contributed by atoms with Crippen LogP contribution in [0.1, 0.15) is 11.4 Å². The van der Waals surface area contributed by atoms with Crippen molar-refractivity contribution in [3.8, 4) is 0 Å². The number of aromatic amines is 1. The molecular weight excluding hydrogens is 206 g/mol. The largest absolute Gasteiger partial charge is 0.481 e. The maximum absolute atomic E-state index is 10.5. The number of rotatable bonds is 4. The summed E-state index contributed by atoms with van der Waals surface area (Å²) < 4.78 is 0. The van der Waals surface area contributed by atoms with Gasteiger partial charge in [-0.3, -0.25) is 9.69 Å². The van der Waals surface area contributed by atoms with E-state index in [4.69, 9.17) is 5.11 Å². The highest BCUT2D eigenvalue weighted by molar-refractivity contribution is 5.69. The number of carbonyl (C=O) groups is 1. The Bertz CT molecular complexity index is 356. The summed E-state index contributed by atoms with van der Waals surface area (Å²) in [5, 5.41) is 12.0. The molecule has 0 bridgehead atoms. The van der Waals surface area contributed by atoms with Crippen molar-refractivity contribution in [1.82, 2.24) is 15.2 Å². The molecule has 16 heavy (non-hydrogen) atoms. The molecule has 1 aliphatic heterocycles. The SMILES string of the molecule is O=C(O)Cc1ccc(CN2CCNCC2)[nH]1. The van der Waals surface area contributed by atoms with Crippen molar-refractivity contribution >= 4 is 5.97 Å². The van der Waals surface area contributed by atoms with E-state index in [-0.39, 0.29) is 6.42 Å². The fraction of sp³-hybridized carbons (Fsp3) is 0.545. The number of nitrogens with one attached hydrogen (secondary N) is 2. The molecule has 1 aromatic heterocycles. The molecule has 0 saturated carbocycles. The van der Waals surface area contributed by atoms with Crippen LogP contribution in [-0.4, -0.2) is 47.1 Å². The predicted molar refractivity (Wildman–Crippen MR) is 60.3 cm³/mol. The highest BCUT2D eigenvalue weighted by Crippen LogP contribution is 2.07. The number of hydrogen-bond donors (Lipinski definition) is 3. The Morgan fingerprint density at radius 1 is 1.31 bits per heavy atom. The van der Waals surface area contributed by atoms with Gasteiger partial charge in [0.2, 0.25) is 0 Å². The van der Waals surface area contributed by atoms with E-state index >= 15 is 0 Å². The second-order valence-electron chi connectivity index (χ2n) is 4.11. The van der Waals surface area contributed by atoms with E-state index in [2.05, 4.69) is 15.2 Å². The zero-order chi connectivity index (χ0) is 11.4. The Balaban J connectivity index is 1.88. The van der Waals surface area contributed by atoms with Crippen molar-refractivity contribution < 1.29 is 9.90 Å². The van der Waals surface area contributed by atoms with Crippen molar-refractivity contribution in [3.63, 3.8) is 0 Å². The molecule has 1 aliphatic rings. The lowest BCUT2D eigenvalue weighted by Gasteiger charge is -2.26. The molecule has 0 radical (unpaired) electrons. The maximum Gasteiger partial charge on any atom is 0.309 e. The van der Waals surface area contributed by atoms with E-state index in [1.54, 1.807) is 0 Å². The lowest BCUT2D eigenvalue weighted by Crippen LogP contribution is -2.42. The Kier molecular flexibility index (Phi) is 3.58. The van der Waals surface area contributed by atoms with Crippen molar-refractivity contribution in [2.45, 2.75) is 13.0 Å². The lowest BCUT2D eigenvalue weighted by atomic mass is 10.3. The summed E-state index contributed by atoms with van der Waals surface area (Å²) in [5.74, 6) is -0.796. The summed E-state index contributed by atoms with van der Waals surface area (Å²) in [6.07, 6.45) is 0.0710. The third kappa shape index (κ3) is 3.08. The number of carboxylic acid groups (broad SMARTS) is 1. The van der Waals surface area contributed by atoms with Gasteiger partial charge in [-0.15, -0.1) is 0 Å². The van der Waals surface area contributed by atoms with Gasteiger partial charge in [-0.1, -0.05) is 0 Å². The molecule has 2 rings (SSSR count). The Labute approximate surface area is 94.5 Å². The minimum absolute atomic E-state index is 0.0710. The number of hydrogen-bond acceptors (Lipinski definition) is 3. The standard InChI is InChI=1S/C11H17N3O2/c15-11(16)7-9-1-2-10(13-9)8-14-5-3-12-4-6-14/h1-2,12-13H,3-8H2,(H,15,16). The average Bonchev–Trinajstić information content (AvgIpc) is 2.66. The van der Waals surface area contributed by atoms with Crippen LogP contribution in [0.5, 0.6) is 0 Å². The van der Waals surface area contributed by atoms with Gasteiger partial charge in [0.25, 0.3) is 0 Å². The summed E-state index contributed by atoms with van der Waals surface area (Å²) in [4.78, 5) is 16.0. The lowest BCUT2D eigenvalue weighted by molar-refractivity contribution is -0.136. The van der Waals surface area contributed by atoms with E-state index in [1.165, 1.54) is 0 Å².